The van der Waals surface area contributed by atoms with Gasteiger partial charge in [0.25, 0.3) is 0 Å². The summed E-state index contributed by atoms with van der Waals surface area (Å²) in [4.78, 5) is 0. The van der Waals surface area contributed by atoms with Crippen molar-refractivity contribution >= 4 is 0 Å². The third-order valence-corrected chi connectivity index (χ3v) is 0.586. The molecule has 0 N–H and O–H groups in total. The van der Waals surface area contributed by atoms with Crippen molar-refractivity contribution in [3.63, 3.8) is 0 Å². The van der Waals surface area contributed by atoms with Crippen LogP contribution in [0.1, 0.15) is 6.42 Å². The summed E-state index contributed by atoms with van der Waals surface area (Å²) in [6.45, 7) is 18.0. The Balaban J connectivity index is -0.0000000406. The fraction of sp³-hybridized carbons (Fsp3) is 0.0909. The molecule has 1 aliphatic carbocycles. The fourth-order valence-corrected chi connectivity index (χ4v) is 0.340. The summed E-state index contributed by atoms with van der Waals surface area (Å²) in [5.74, 6) is 0. The summed E-state index contributed by atoms with van der Waals surface area (Å²) in [6, 6.07) is 0. The van der Waals surface area contributed by atoms with Crippen LogP contribution in [0.25, 0.3) is 0 Å². The van der Waals surface area contributed by atoms with Crippen molar-refractivity contribution in [3.05, 3.63) is 63.8 Å². The minimum Gasteiger partial charge on any atom is -0.273 e. The molecule has 12 heavy (non-hydrogen) atoms. The number of hydrogen-bond acceptors (Lipinski definition) is 0. The molecule has 0 atom stereocenters. The Bertz CT molecular complexity index is 88.8. The van der Waals surface area contributed by atoms with E-state index >= 15 is 0 Å². The third-order valence-electron chi connectivity index (χ3n) is 0.586. The molecular formula is C11H17Cu. The van der Waals surface area contributed by atoms with Gasteiger partial charge in [0, 0.05) is 0 Å². The fourth-order valence-electron chi connectivity index (χ4n) is 0.340. The molecule has 72 valence electrons. The van der Waals surface area contributed by atoms with E-state index in [1.807, 2.05) is 12.2 Å². The molecule has 0 amide bonds. The van der Waals surface area contributed by atoms with E-state index in [0.717, 1.165) is 6.42 Å². The van der Waals surface area contributed by atoms with Crippen LogP contribution in [0.3, 0.4) is 0 Å². The summed E-state index contributed by atoms with van der Waals surface area (Å²) in [7, 11) is 0. The van der Waals surface area contributed by atoms with Crippen molar-refractivity contribution < 1.29 is 17.1 Å². The van der Waals surface area contributed by atoms with E-state index in [0.29, 0.717) is 0 Å². The van der Waals surface area contributed by atoms with Crippen LogP contribution in [0, 0.1) is 6.08 Å². The number of hydrogen-bond donors (Lipinski definition) is 0. The smallest absolute Gasteiger partial charge is 0.273 e. The Morgan fingerprint density at radius 3 is 1.42 bits per heavy atom. The molecular weight excluding hydrogens is 196 g/mol. The average Bonchev–Trinajstić information content (AvgIpc) is 2.71. The zero-order valence-electron chi connectivity index (χ0n) is 7.48. The normalized spacial score (nSPS) is 8.33. The van der Waals surface area contributed by atoms with Crippen LogP contribution >= 0.6 is 0 Å². The molecule has 0 fully saturated rings. The Kier molecular flexibility index (Phi) is 91.4. The van der Waals surface area contributed by atoms with Gasteiger partial charge in [-0.15, -0.1) is 45.9 Å². The molecule has 1 heteroatoms. The molecule has 1 aliphatic rings. The van der Waals surface area contributed by atoms with Gasteiger partial charge in [-0.1, -0.05) is 0 Å². The molecule has 0 nitrogen and oxygen atoms in total. The maximum Gasteiger partial charge on any atom is 1.00 e. The number of allylic oxidation sites excluding steroid dienone is 4. The van der Waals surface area contributed by atoms with Gasteiger partial charge in [-0.2, -0.15) is 6.08 Å². The molecule has 0 saturated carbocycles. The molecule has 0 radical (unpaired) electrons. The second kappa shape index (κ2) is 48.8. The average molecular weight is 213 g/mol. The van der Waals surface area contributed by atoms with Gasteiger partial charge in [-0.25, -0.2) is 12.2 Å². The molecule has 0 aromatic heterocycles. The second-order valence-electron chi connectivity index (χ2n) is 1.00. The van der Waals surface area contributed by atoms with E-state index < -0.39 is 0 Å². The monoisotopic (exact) mass is 212 g/mol. The van der Waals surface area contributed by atoms with E-state index in [9.17, 15) is 0 Å². The van der Waals surface area contributed by atoms with Gasteiger partial charge in [-0.3, -0.25) is 6.08 Å². The molecule has 0 bridgehead atoms. The predicted molar refractivity (Wildman–Crippen MR) is 55.3 cm³/mol. The second-order valence-corrected chi connectivity index (χ2v) is 1.00. The first-order valence-electron chi connectivity index (χ1n) is 3.22. The quantitative estimate of drug-likeness (QED) is 0.326. The van der Waals surface area contributed by atoms with Crippen LogP contribution < -0.4 is 0 Å². The first-order valence-corrected chi connectivity index (χ1v) is 3.22. The van der Waals surface area contributed by atoms with E-state index in [1.165, 1.54) is 0 Å². The van der Waals surface area contributed by atoms with E-state index in [-0.39, 0.29) is 17.1 Å². The molecule has 0 saturated heterocycles. The molecule has 0 aromatic carbocycles. The van der Waals surface area contributed by atoms with Crippen LogP contribution in [-0.2, 0) is 17.1 Å². The first kappa shape index (κ1) is 22.5. The summed E-state index contributed by atoms with van der Waals surface area (Å²) >= 11 is 0. The van der Waals surface area contributed by atoms with E-state index in [2.05, 4.69) is 51.6 Å². The molecule has 1 rings (SSSR count). The summed E-state index contributed by atoms with van der Waals surface area (Å²) in [6.07, 6.45) is 10.0. The van der Waals surface area contributed by atoms with Crippen LogP contribution in [0.15, 0.2) is 57.7 Å². The Morgan fingerprint density at radius 2 is 1.33 bits per heavy atom. The zero-order chi connectivity index (χ0) is 9.54. The van der Waals surface area contributed by atoms with Crippen molar-refractivity contribution in [1.29, 1.82) is 0 Å². The largest absolute Gasteiger partial charge is 1.00 e. The van der Waals surface area contributed by atoms with Gasteiger partial charge in [0.1, 0.15) is 0 Å². The van der Waals surface area contributed by atoms with Crippen LogP contribution in [0.4, 0.5) is 0 Å². The molecule has 0 aliphatic heterocycles. The van der Waals surface area contributed by atoms with Crippen LogP contribution in [0.2, 0.25) is 0 Å². The maximum absolute atomic E-state index is 3.00. The summed E-state index contributed by atoms with van der Waals surface area (Å²) in [5, 5.41) is 0. The summed E-state index contributed by atoms with van der Waals surface area (Å²) in [5.41, 5.74) is 0. The van der Waals surface area contributed by atoms with Crippen LogP contribution in [-0.4, -0.2) is 0 Å². The molecule has 0 heterocycles. The predicted octanol–water partition coefficient (Wildman–Crippen LogP) is 3.71. The van der Waals surface area contributed by atoms with Crippen molar-refractivity contribution in [1.82, 2.24) is 0 Å². The van der Waals surface area contributed by atoms with Gasteiger partial charge in [0.15, 0.2) is 0 Å². The molecule has 0 aromatic rings. The minimum atomic E-state index is 0. The van der Waals surface area contributed by atoms with Gasteiger partial charge in [0.2, 0.25) is 0 Å². The zero-order valence-corrected chi connectivity index (χ0v) is 8.42. The maximum atomic E-state index is 3.00. The molecule has 0 spiro atoms. The topological polar surface area (TPSA) is 0 Å². The minimum absolute atomic E-state index is 0. The molecule has 0 unspecified atom stereocenters. The van der Waals surface area contributed by atoms with Crippen molar-refractivity contribution in [2.45, 2.75) is 6.42 Å². The SMILES string of the molecule is C=C.C=C.C=C.[C-]1=CC=CC1.[Cu+]. The summed E-state index contributed by atoms with van der Waals surface area (Å²) < 4.78 is 0. The third kappa shape index (κ3) is 35.0. The Hall–Kier alpha value is -0.781. The van der Waals surface area contributed by atoms with Gasteiger partial charge in [-0.05, 0) is 0 Å². The Morgan fingerprint density at radius 1 is 0.917 bits per heavy atom. The van der Waals surface area contributed by atoms with Crippen molar-refractivity contribution in [2.24, 2.45) is 0 Å². The van der Waals surface area contributed by atoms with Gasteiger partial charge < -0.3 is 0 Å². The van der Waals surface area contributed by atoms with Crippen LogP contribution in [0.5, 0.6) is 0 Å². The van der Waals surface area contributed by atoms with Gasteiger partial charge >= 0.3 is 17.1 Å². The number of rotatable bonds is 0. The van der Waals surface area contributed by atoms with Gasteiger partial charge in [0.05, 0.1) is 0 Å². The van der Waals surface area contributed by atoms with E-state index in [1.54, 1.807) is 0 Å². The Labute approximate surface area is 87.5 Å². The van der Waals surface area contributed by atoms with E-state index in [4.69, 9.17) is 0 Å². The standard InChI is InChI=1S/C5H5.3C2H4.Cu/c1-2-4-5-3-1;3*1-2;/h1-3H,4H2;3*1-2H2;/q-1;;;;+1. The first-order chi connectivity index (χ1) is 5.50. The van der Waals surface area contributed by atoms with Crippen molar-refractivity contribution in [3.8, 4) is 0 Å². The van der Waals surface area contributed by atoms with Crippen molar-refractivity contribution in [2.75, 3.05) is 0 Å².